The Morgan fingerprint density at radius 2 is 1.88 bits per heavy atom. The van der Waals surface area contributed by atoms with Gasteiger partial charge in [0, 0.05) is 17.2 Å². The fourth-order valence-electron chi connectivity index (χ4n) is 2.34. The number of hydrogen-bond donors (Lipinski definition) is 1. The predicted octanol–water partition coefficient (Wildman–Crippen LogP) is 3.67. The van der Waals surface area contributed by atoms with Gasteiger partial charge in [0.2, 0.25) is 0 Å². The van der Waals surface area contributed by atoms with Crippen molar-refractivity contribution < 1.29 is 9.53 Å². The number of aromatic nitrogens is 1. The van der Waals surface area contributed by atoms with Gasteiger partial charge >= 0.3 is 0 Å². The summed E-state index contributed by atoms with van der Waals surface area (Å²) in [7, 11) is 1.62. The van der Waals surface area contributed by atoms with Crippen LogP contribution in [0.5, 0.6) is 5.75 Å². The first kappa shape index (κ1) is 16.4. The Morgan fingerprint density at radius 3 is 2.76 bits per heavy atom. The Bertz CT molecular complexity index is 948. The summed E-state index contributed by atoms with van der Waals surface area (Å²) in [5.74, 6) is 0.421. The van der Waals surface area contributed by atoms with Gasteiger partial charge in [0.15, 0.2) is 0 Å². The smallest absolute Gasteiger partial charge is 0.289 e. The van der Waals surface area contributed by atoms with Gasteiger partial charge in [-0.3, -0.25) is 4.79 Å². The van der Waals surface area contributed by atoms with Gasteiger partial charge in [0.05, 0.1) is 12.6 Å². The van der Waals surface area contributed by atoms with Crippen molar-refractivity contribution >= 4 is 29.1 Å². The van der Waals surface area contributed by atoms with Crippen LogP contribution in [0.3, 0.4) is 0 Å². The summed E-state index contributed by atoms with van der Waals surface area (Å²) in [6, 6.07) is 18.8. The molecule has 0 saturated carbocycles. The highest BCUT2D eigenvalue weighted by Gasteiger charge is 2.06. The number of nitrogens with one attached hydrogen (secondary N) is 1. The van der Waals surface area contributed by atoms with Crippen molar-refractivity contribution in [1.29, 1.82) is 0 Å². The van der Waals surface area contributed by atoms with Gasteiger partial charge in [0.1, 0.15) is 11.4 Å². The monoisotopic (exact) mass is 331 g/mol. The Balaban J connectivity index is 1.63. The van der Waals surface area contributed by atoms with Crippen LogP contribution in [0.15, 0.2) is 71.8 Å². The number of allylic oxidation sites excluding steroid dienone is 1. The number of para-hydroxylation sites is 2. The van der Waals surface area contributed by atoms with Crippen LogP contribution in [0.4, 0.5) is 0 Å². The van der Waals surface area contributed by atoms with E-state index >= 15 is 0 Å². The molecule has 1 amide bonds. The van der Waals surface area contributed by atoms with E-state index < -0.39 is 0 Å². The number of hydrazone groups is 1. The number of benzene rings is 2. The lowest BCUT2D eigenvalue weighted by atomic mass is 10.2. The van der Waals surface area contributed by atoms with E-state index in [1.807, 2.05) is 60.7 Å². The average molecular weight is 331 g/mol. The fourth-order valence-corrected chi connectivity index (χ4v) is 2.34. The molecular formula is C20H17N3O2. The van der Waals surface area contributed by atoms with Gasteiger partial charge in [0.25, 0.3) is 5.91 Å². The highest BCUT2D eigenvalue weighted by Crippen LogP contribution is 2.18. The molecule has 0 aliphatic rings. The SMILES string of the molecule is COc1ccccc1C=CC=NNC(=O)c1ccc2ccccc2n1. The van der Waals surface area contributed by atoms with Crippen LogP contribution < -0.4 is 10.2 Å². The molecule has 1 aromatic heterocycles. The van der Waals surface area contributed by atoms with E-state index in [2.05, 4.69) is 15.5 Å². The van der Waals surface area contributed by atoms with E-state index in [4.69, 9.17) is 4.74 Å². The zero-order valence-electron chi connectivity index (χ0n) is 13.7. The lowest BCUT2D eigenvalue weighted by molar-refractivity contribution is 0.0950. The molecule has 0 aliphatic heterocycles. The number of amides is 1. The molecule has 0 atom stereocenters. The molecule has 0 saturated heterocycles. The summed E-state index contributed by atoms with van der Waals surface area (Å²) >= 11 is 0. The number of ether oxygens (including phenoxy) is 1. The molecule has 124 valence electrons. The predicted molar refractivity (Wildman–Crippen MR) is 99.7 cm³/mol. The van der Waals surface area contributed by atoms with Crippen LogP contribution in [0.25, 0.3) is 17.0 Å². The van der Waals surface area contributed by atoms with Gasteiger partial charge < -0.3 is 4.74 Å². The third-order valence-corrected chi connectivity index (χ3v) is 3.57. The summed E-state index contributed by atoms with van der Waals surface area (Å²) < 4.78 is 5.26. The van der Waals surface area contributed by atoms with Crippen LogP contribution in [0.1, 0.15) is 16.1 Å². The van der Waals surface area contributed by atoms with Crippen molar-refractivity contribution in [3.05, 3.63) is 78.0 Å². The van der Waals surface area contributed by atoms with Crippen molar-refractivity contribution in [3.8, 4) is 5.75 Å². The Morgan fingerprint density at radius 1 is 1.08 bits per heavy atom. The number of methoxy groups -OCH3 is 1. The van der Waals surface area contributed by atoms with Crippen LogP contribution >= 0.6 is 0 Å². The molecule has 0 bridgehead atoms. The highest BCUT2D eigenvalue weighted by atomic mass is 16.5. The minimum atomic E-state index is -0.354. The quantitative estimate of drug-likeness (QED) is 0.573. The summed E-state index contributed by atoms with van der Waals surface area (Å²) in [6.45, 7) is 0. The molecule has 0 unspecified atom stereocenters. The summed E-state index contributed by atoms with van der Waals surface area (Å²) in [5, 5.41) is 4.89. The second-order valence-corrected chi connectivity index (χ2v) is 5.21. The normalized spacial score (nSPS) is 11.2. The number of rotatable bonds is 5. The van der Waals surface area contributed by atoms with Gasteiger partial charge in [-0.05, 0) is 30.4 Å². The van der Waals surface area contributed by atoms with Crippen molar-refractivity contribution in [1.82, 2.24) is 10.4 Å². The Labute approximate surface area is 145 Å². The first-order valence-corrected chi connectivity index (χ1v) is 7.77. The first-order valence-electron chi connectivity index (χ1n) is 7.77. The zero-order chi connectivity index (χ0) is 17.5. The largest absolute Gasteiger partial charge is 0.496 e. The summed E-state index contributed by atoms with van der Waals surface area (Å²) in [5.41, 5.74) is 4.49. The molecule has 3 rings (SSSR count). The molecule has 5 nitrogen and oxygen atoms in total. The molecule has 5 heteroatoms. The first-order chi connectivity index (χ1) is 12.3. The van der Waals surface area contributed by atoms with Crippen molar-refractivity contribution in [2.24, 2.45) is 5.10 Å². The second kappa shape index (κ2) is 7.88. The lowest BCUT2D eigenvalue weighted by Gasteiger charge is -2.02. The number of hydrogen-bond acceptors (Lipinski definition) is 4. The molecule has 3 aromatic rings. The van der Waals surface area contributed by atoms with E-state index in [0.717, 1.165) is 22.2 Å². The van der Waals surface area contributed by atoms with Crippen molar-refractivity contribution in [2.75, 3.05) is 7.11 Å². The molecule has 0 fully saturated rings. The van der Waals surface area contributed by atoms with Gasteiger partial charge in [-0.1, -0.05) is 42.5 Å². The maximum absolute atomic E-state index is 12.1. The molecule has 1 N–H and O–H groups in total. The number of pyridine rings is 1. The molecule has 0 spiro atoms. The van der Waals surface area contributed by atoms with E-state index in [0.29, 0.717) is 5.69 Å². The summed E-state index contributed by atoms with van der Waals surface area (Å²) in [4.78, 5) is 16.4. The maximum atomic E-state index is 12.1. The van der Waals surface area contributed by atoms with Crippen molar-refractivity contribution in [2.45, 2.75) is 0 Å². The van der Waals surface area contributed by atoms with E-state index in [1.54, 1.807) is 19.3 Å². The lowest BCUT2D eigenvalue weighted by Crippen LogP contribution is -2.18. The molecule has 0 aliphatic carbocycles. The third-order valence-electron chi connectivity index (χ3n) is 3.57. The van der Waals surface area contributed by atoms with E-state index in [9.17, 15) is 4.79 Å². The Hall–Kier alpha value is -3.47. The Kier molecular flexibility index (Phi) is 5.16. The highest BCUT2D eigenvalue weighted by molar-refractivity contribution is 5.95. The van der Waals surface area contributed by atoms with Crippen LogP contribution in [0, 0.1) is 0 Å². The van der Waals surface area contributed by atoms with Crippen molar-refractivity contribution in [3.63, 3.8) is 0 Å². The minimum absolute atomic E-state index is 0.324. The molecule has 25 heavy (non-hydrogen) atoms. The third kappa shape index (κ3) is 4.09. The molecule has 1 heterocycles. The minimum Gasteiger partial charge on any atom is -0.496 e. The van der Waals surface area contributed by atoms with Gasteiger partial charge in [-0.15, -0.1) is 0 Å². The van der Waals surface area contributed by atoms with Crippen LogP contribution in [0.2, 0.25) is 0 Å². The van der Waals surface area contributed by atoms with Gasteiger partial charge in [-0.25, -0.2) is 10.4 Å². The average Bonchev–Trinajstić information content (AvgIpc) is 2.67. The van der Waals surface area contributed by atoms with Crippen LogP contribution in [-0.2, 0) is 0 Å². The summed E-state index contributed by atoms with van der Waals surface area (Å²) in [6.07, 6.45) is 5.08. The number of nitrogens with zero attached hydrogens (tertiary/aromatic N) is 2. The zero-order valence-corrected chi connectivity index (χ0v) is 13.7. The number of fused-ring (bicyclic) bond motifs is 1. The van der Waals surface area contributed by atoms with Crippen LogP contribution in [-0.4, -0.2) is 24.2 Å². The standard InChI is InChI=1S/C20H17N3O2/c1-25-19-11-5-3-8-16(19)9-6-14-21-23-20(24)18-13-12-15-7-2-4-10-17(15)22-18/h2-14H,1H3,(H,23,24). The van der Waals surface area contributed by atoms with E-state index in [-0.39, 0.29) is 5.91 Å². The molecular weight excluding hydrogens is 314 g/mol. The number of carbonyl (C=O) groups excluding carboxylic acids is 1. The maximum Gasteiger partial charge on any atom is 0.289 e. The molecule has 2 aromatic carbocycles. The molecule has 0 radical (unpaired) electrons. The number of carbonyl (C=O) groups is 1. The second-order valence-electron chi connectivity index (χ2n) is 5.21. The van der Waals surface area contributed by atoms with Gasteiger partial charge in [-0.2, -0.15) is 5.10 Å². The topological polar surface area (TPSA) is 63.6 Å². The fraction of sp³-hybridized carbons (Fsp3) is 0.0500. The van der Waals surface area contributed by atoms with E-state index in [1.165, 1.54) is 6.21 Å².